The summed E-state index contributed by atoms with van der Waals surface area (Å²) in [6.45, 7) is 0.0154. The van der Waals surface area contributed by atoms with Gasteiger partial charge in [0, 0.05) is 11.9 Å². The Morgan fingerprint density at radius 1 is 1.33 bits per heavy atom. The van der Waals surface area contributed by atoms with Crippen LogP contribution in [-0.4, -0.2) is 21.7 Å². The minimum absolute atomic E-state index is 0.0154. The number of nitrogens with zero attached hydrogens (tertiary/aromatic N) is 2. The summed E-state index contributed by atoms with van der Waals surface area (Å²) in [5.74, 6) is -0.828. The molecule has 7 nitrogen and oxygen atoms in total. The fourth-order valence-corrected chi connectivity index (χ4v) is 2.84. The van der Waals surface area contributed by atoms with E-state index in [4.69, 9.17) is 5.73 Å². The summed E-state index contributed by atoms with van der Waals surface area (Å²) in [5.41, 5.74) is 7.46. The Morgan fingerprint density at radius 2 is 2.08 bits per heavy atom. The second-order valence-corrected chi connectivity index (χ2v) is 5.75. The van der Waals surface area contributed by atoms with Gasteiger partial charge in [-0.1, -0.05) is 0 Å². The van der Waals surface area contributed by atoms with E-state index >= 15 is 0 Å². The van der Waals surface area contributed by atoms with Crippen molar-refractivity contribution in [3.63, 3.8) is 0 Å². The minimum atomic E-state index is -0.464. The highest BCUT2D eigenvalue weighted by atomic mass is 19.1. The van der Waals surface area contributed by atoms with Crippen LogP contribution in [0.1, 0.15) is 30.1 Å². The maximum absolute atomic E-state index is 12.9. The van der Waals surface area contributed by atoms with E-state index < -0.39 is 5.91 Å². The molecule has 8 heteroatoms. The molecule has 3 rings (SSSR count). The number of carbonyl (C=O) groups is 2. The number of amides is 3. The number of urea groups is 1. The first-order chi connectivity index (χ1) is 11.5. The number of hydrogen-bond acceptors (Lipinski definition) is 3. The summed E-state index contributed by atoms with van der Waals surface area (Å²) in [5, 5.41) is 9.90. The van der Waals surface area contributed by atoms with Crippen LogP contribution in [0, 0.1) is 5.82 Å². The molecule has 2 aromatic rings. The zero-order chi connectivity index (χ0) is 17.1. The van der Waals surface area contributed by atoms with Crippen LogP contribution in [0.4, 0.5) is 14.9 Å². The molecular formula is C16H18FN5O2. The van der Waals surface area contributed by atoms with Crippen molar-refractivity contribution in [2.45, 2.75) is 31.8 Å². The van der Waals surface area contributed by atoms with Gasteiger partial charge in [0.05, 0.1) is 11.7 Å². The number of primary amides is 1. The van der Waals surface area contributed by atoms with Gasteiger partial charge >= 0.3 is 6.03 Å². The number of anilines is 1. The van der Waals surface area contributed by atoms with Gasteiger partial charge in [-0.25, -0.2) is 9.18 Å². The molecule has 0 radical (unpaired) electrons. The zero-order valence-electron chi connectivity index (χ0n) is 13.0. The first kappa shape index (κ1) is 16.0. The van der Waals surface area contributed by atoms with Crippen molar-refractivity contribution < 1.29 is 14.0 Å². The van der Waals surface area contributed by atoms with E-state index in [0.717, 1.165) is 30.5 Å². The van der Waals surface area contributed by atoms with Gasteiger partial charge in [0.15, 0.2) is 0 Å². The molecule has 0 bridgehead atoms. The van der Waals surface area contributed by atoms with Crippen LogP contribution in [0.2, 0.25) is 0 Å². The fourth-order valence-electron chi connectivity index (χ4n) is 2.84. The van der Waals surface area contributed by atoms with Gasteiger partial charge in [-0.15, -0.1) is 0 Å². The third-order valence-electron chi connectivity index (χ3n) is 3.86. The predicted octanol–water partition coefficient (Wildman–Crippen LogP) is 1.71. The van der Waals surface area contributed by atoms with Crippen LogP contribution in [0.5, 0.6) is 0 Å². The molecule has 0 saturated carbocycles. The number of benzene rings is 1. The minimum Gasteiger partial charge on any atom is -0.368 e. The highest BCUT2D eigenvalue weighted by Crippen LogP contribution is 2.28. The fraction of sp³-hybridized carbons (Fsp3) is 0.312. The molecule has 1 atom stereocenters. The molecule has 0 spiro atoms. The largest absolute Gasteiger partial charge is 0.368 e. The average Bonchev–Trinajstić information content (AvgIpc) is 2.92. The number of nitrogens with one attached hydrogen (secondary N) is 2. The summed E-state index contributed by atoms with van der Waals surface area (Å²) in [7, 11) is 0. The van der Waals surface area contributed by atoms with Crippen molar-refractivity contribution in [1.29, 1.82) is 0 Å². The standard InChI is InChI=1S/C16H18FN5O2/c17-11-4-6-12(7-5-11)19-16(24)20-13-3-1-2-10-8-22(9-14(18)23)21-15(10)13/h4-8,13H,1-3,9H2,(H2,18,23)(H2,19,20,24)/t13-/m0/s1. The van der Waals surface area contributed by atoms with Crippen molar-refractivity contribution >= 4 is 17.6 Å². The summed E-state index contributed by atoms with van der Waals surface area (Å²) < 4.78 is 14.4. The molecule has 1 heterocycles. The number of carbonyl (C=O) groups excluding carboxylic acids is 2. The lowest BCUT2D eigenvalue weighted by molar-refractivity contribution is -0.118. The Morgan fingerprint density at radius 3 is 2.79 bits per heavy atom. The van der Waals surface area contributed by atoms with Crippen LogP contribution in [-0.2, 0) is 17.8 Å². The maximum Gasteiger partial charge on any atom is 0.319 e. The predicted molar refractivity (Wildman–Crippen MR) is 85.7 cm³/mol. The molecule has 1 aromatic carbocycles. The number of fused-ring (bicyclic) bond motifs is 1. The van der Waals surface area contributed by atoms with E-state index in [-0.39, 0.29) is 24.4 Å². The Labute approximate surface area is 138 Å². The SMILES string of the molecule is NC(=O)Cn1cc2c(n1)[C@@H](NC(=O)Nc1ccc(F)cc1)CCC2. The number of aromatic nitrogens is 2. The lowest BCUT2D eigenvalue weighted by atomic mass is 9.94. The summed E-state index contributed by atoms with van der Waals surface area (Å²) >= 11 is 0. The van der Waals surface area contributed by atoms with Crippen LogP contribution in [0.25, 0.3) is 0 Å². The number of halogens is 1. The molecule has 0 fully saturated rings. The van der Waals surface area contributed by atoms with Crippen LogP contribution in [0.15, 0.2) is 30.5 Å². The molecule has 1 aromatic heterocycles. The van der Waals surface area contributed by atoms with Crippen LogP contribution < -0.4 is 16.4 Å². The van der Waals surface area contributed by atoms with E-state index in [2.05, 4.69) is 15.7 Å². The number of nitrogens with two attached hydrogens (primary N) is 1. The Bertz CT molecular complexity index is 756. The molecular weight excluding hydrogens is 313 g/mol. The van der Waals surface area contributed by atoms with Gasteiger partial charge in [-0.05, 0) is 49.1 Å². The van der Waals surface area contributed by atoms with E-state index in [1.807, 2.05) is 0 Å². The van der Waals surface area contributed by atoms with Gasteiger partial charge < -0.3 is 16.4 Å². The number of rotatable bonds is 4. The smallest absolute Gasteiger partial charge is 0.319 e. The molecule has 0 aliphatic heterocycles. The normalized spacial score (nSPS) is 16.3. The van der Waals surface area contributed by atoms with Crippen molar-refractivity contribution in [2.75, 3.05) is 5.32 Å². The third-order valence-corrected chi connectivity index (χ3v) is 3.86. The lowest BCUT2D eigenvalue weighted by Gasteiger charge is -2.22. The Hall–Kier alpha value is -2.90. The average molecular weight is 331 g/mol. The van der Waals surface area contributed by atoms with Crippen molar-refractivity contribution in [2.24, 2.45) is 5.73 Å². The van der Waals surface area contributed by atoms with Gasteiger partial charge in [0.25, 0.3) is 0 Å². The highest BCUT2D eigenvalue weighted by molar-refractivity contribution is 5.89. The monoisotopic (exact) mass is 331 g/mol. The molecule has 0 unspecified atom stereocenters. The Kier molecular flexibility index (Phi) is 4.45. The number of hydrogen-bond donors (Lipinski definition) is 3. The number of aryl methyl sites for hydroxylation is 1. The summed E-state index contributed by atoms with van der Waals surface area (Å²) in [4.78, 5) is 23.2. The zero-order valence-corrected chi connectivity index (χ0v) is 13.0. The second-order valence-electron chi connectivity index (χ2n) is 5.75. The molecule has 0 saturated heterocycles. The van der Waals surface area contributed by atoms with Gasteiger partial charge in [-0.3, -0.25) is 9.48 Å². The van der Waals surface area contributed by atoms with Crippen LogP contribution >= 0.6 is 0 Å². The molecule has 1 aliphatic rings. The van der Waals surface area contributed by atoms with Crippen molar-refractivity contribution in [3.8, 4) is 0 Å². The molecule has 24 heavy (non-hydrogen) atoms. The molecule has 126 valence electrons. The lowest BCUT2D eigenvalue weighted by Crippen LogP contribution is -2.34. The third kappa shape index (κ3) is 3.70. The summed E-state index contributed by atoms with van der Waals surface area (Å²) in [6, 6.07) is 4.91. The molecule has 3 amide bonds. The molecule has 4 N–H and O–H groups in total. The quantitative estimate of drug-likeness (QED) is 0.794. The van der Waals surface area contributed by atoms with E-state index in [1.165, 1.54) is 28.9 Å². The van der Waals surface area contributed by atoms with Crippen molar-refractivity contribution in [3.05, 3.63) is 47.5 Å². The van der Waals surface area contributed by atoms with E-state index in [0.29, 0.717) is 5.69 Å². The Balaban J connectivity index is 1.67. The van der Waals surface area contributed by atoms with Gasteiger partial charge in [0.1, 0.15) is 12.4 Å². The van der Waals surface area contributed by atoms with Crippen molar-refractivity contribution in [1.82, 2.24) is 15.1 Å². The highest BCUT2D eigenvalue weighted by Gasteiger charge is 2.25. The maximum atomic E-state index is 12.9. The first-order valence-electron chi connectivity index (χ1n) is 7.69. The van der Waals surface area contributed by atoms with E-state index in [1.54, 1.807) is 6.20 Å². The van der Waals surface area contributed by atoms with Gasteiger partial charge in [0.2, 0.25) is 5.91 Å². The summed E-state index contributed by atoms with van der Waals surface area (Å²) in [6.07, 6.45) is 4.33. The molecule has 1 aliphatic carbocycles. The second kappa shape index (κ2) is 6.69. The van der Waals surface area contributed by atoms with Crippen LogP contribution in [0.3, 0.4) is 0 Å². The van der Waals surface area contributed by atoms with E-state index in [9.17, 15) is 14.0 Å². The van der Waals surface area contributed by atoms with Gasteiger partial charge in [-0.2, -0.15) is 5.10 Å². The first-order valence-corrected chi connectivity index (χ1v) is 7.69. The topological polar surface area (TPSA) is 102 Å².